The molecule has 106 valence electrons. The Bertz CT molecular complexity index is 416. The lowest BCUT2D eigenvalue weighted by Crippen LogP contribution is -2.41. The van der Waals surface area contributed by atoms with E-state index in [1.807, 2.05) is 0 Å². The lowest BCUT2D eigenvalue weighted by molar-refractivity contribution is 0.0324. The largest absolute Gasteiger partial charge is 0.374 e. The summed E-state index contributed by atoms with van der Waals surface area (Å²) in [5, 5.41) is 3.62. The molecule has 1 saturated heterocycles. The van der Waals surface area contributed by atoms with Crippen molar-refractivity contribution in [2.45, 2.75) is 65.2 Å². The summed E-state index contributed by atoms with van der Waals surface area (Å²) in [5.41, 5.74) is 4.19. The standard InChI is InChI=1S/C17H27NO/c1-5-18-16(17-9-8-14(4)19-17)11-15-10-12(2)6-7-13(15)3/h6-7,10,14,16-18H,5,8-9,11H2,1-4H3. The molecule has 1 aromatic carbocycles. The Morgan fingerprint density at radius 2 is 2.11 bits per heavy atom. The Kier molecular flexibility index (Phi) is 5.00. The second-order valence-corrected chi connectivity index (χ2v) is 5.86. The van der Waals surface area contributed by atoms with Gasteiger partial charge in [0.05, 0.1) is 12.2 Å². The molecule has 1 fully saturated rings. The zero-order chi connectivity index (χ0) is 13.8. The monoisotopic (exact) mass is 261 g/mol. The fourth-order valence-electron chi connectivity index (χ4n) is 2.98. The Hall–Kier alpha value is -0.860. The molecule has 0 bridgehead atoms. The van der Waals surface area contributed by atoms with Crippen LogP contribution in [0.3, 0.4) is 0 Å². The normalized spacial score (nSPS) is 24.6. The first-order chi connectivity index (χ1) is 9.10. The number of hydrogen-bond acceptors (Lipinski definition) is 2. The van der Waals surface area contributed by atoms with Crippen LogP contribution in [0.25, 0.3) is 0 Å². The highest BCUT2D eigenvalue weighted by atomic mass is 16.5. The van der Waals surface area contributed by atoms with E-state index < -0.39 is 0 Å². The average molecular weight is 261 g/mol. The van der Waals surface area contributed by atoms with E-state index in [0.717, 1.165) is 13.0 Å². The molecule has 3 atom stereocenters. The molecule has 1 N–H and O–H groups in total. The van der Waals surface area contributed by atoms with Crippen molar-refractivity contribution in [3.05, 3.63) is 34.9 Å². The van der Waals surface area contributed by atoms with Crippen LogP contribution in [0, 0.1) is 13.8 Å². The van der Waals surface area contributed by atoms with Gasteiger partial charge in [-0.25, -0.2) is 0 Å². The molecule has 0 aliphatic carbocycles. The van der Waals surface area contributed by atoms with Gasteiger partial charge in [0.15, 0.2) is 0 Å². The molecule has 19 heavy (non-hydrogen) atoms. The summed E-state index contributed by atoms with van der Waals surface area (Å²) >= 11 is 0. The van der Waals surface area contributed by atoms with E-state index in [2.05, 4.69) is 51.2 Å². The first kappa shape index (κ1) is 14.5. The number of nitrogens with one attached hydrogen (secondary N) is 1. The van der Waals surface area contributed by atoms with E-state index in [9.17, 15) is 0 Å². The van der Waals surface area contributed by atoms with Crippen LogP contribution in [-0.4, -0.2) is 24.8 Å². The lowest BCUT2D eigenvalue weighted by Gasteiger charge is -2.25. The smallest absolute Gasteiger partial charge is 0.0735 e. The van der Waals surface area contributed by atoms with Gasteiger partial charge in [0.1, 0.15) is 0 Å². The predicted octanol–water partition coefficient (Wildman–Crippen LogP) is 3.39. The molecular formula is C17H27NO. The SMILES string of the molecule is CCNC(Cc1cc(C)ccc1C)C1CCC(C)O1. The molecule has 2 heteroatoms. The average Bonchev–Trinajstić information content (AvgIpc) is 2.80. The van der Waals surface area contributed by atoms with Gasteiger partial charge < -0.3 is 10.1 Å². The number of aryl methyl sites for hydroxylation is 2. The maximum absolute atomic E-state index is 6.06. The molecular weight excluding hydrogens is 234 g/mol. The maximum atomic E-state index is 6.06. The van der Waals surface area contributed by atoms with Crippen molar-refractivity contribution in [2.75, 3.05) is 6.54 Å². The molecule has 0 saturated carbocycles. The van der Waals surface area contributed by atoms with Gasteiger partial charge in [-0.05, 0) is 57.7 Å². The van der Waals surface area contributed by atoms with Gasteiger partial charge in [0.25, 0.3) is 0 Å². The number of ether oxygens (including phenoxy) is 1. The highest BCUT2D eigenvalue weighted by Gasteiger charge is 2.29. The number of hydrogen-bond donors (Lipinski definition) is 1. The van der Waals surface area contributed by atoms with E-state index in [4.69, 9.17) is 4.74 Å². The highest BCUT2D eigenvalue weighted by molar-refractivity contribution is 5.31. The van der Waals surface area contributed by atoms with Crippen molar-refractivity contribution in [3.63, 3.8) is 0 Å². The van der Waals surface area contributed by atoms with Crippen LogP contribution in [0.2, 0.25) is 0 Å². The predicted molar refractivity (Wildman–Crippen MR) is 80.7 cm³/mol. The lowest BCUT2D eigenvalue weighted by atomic mass is 9.95. The molecule has 3 unspecified atom stereocenters. The minimum atomic E-state index is 0.370. The van der Waals surface area contributed by atoms with E-state index in [1.54, 1.807) is 0 Å². The minimum absolute atomic E-state index is 0.370. The molecule has 2 rings (SSSR count). The van der Waals surface area contributed by atoms with Crippen LogP contribution in [0.5, 0.6) is 0 Å². The fourth-order valence-corrected chi connectivity index (χ4v) is 2.98. The van der Waals surface area contributed by atoms with E-state index in [1.165, 1.54) is 29.5 Å². The van der Waals surface area contributed by atoms with Crippen LogP contribution in [0.15, 0.2) is 18.2 Å². The topological polar surface area (TPSA) is 21.3 Å². The van der Waals surface area contributed by atoms with Gasteiger partial charge in [0, 0.05) is 6.04 Å². The van der Waals surface area contributed by atoms with Crippen LogP contribution >= 0.6 is 0 Å². The molecule has 1 aromatic rings. The van der Waals surface area contributed by atoms with Gasteiger partial charge in [-0.1, -0.05) is 30.7 Å². The van der Waals surface area contributed by atoms with Crippen LogP contribution in [-0.2, 0) is 11.2 Å². The quantitative estimate of drug-likeness (QED) is 0.877. The molecule has 0 aromatic heterocycles. The van der Waals surface area contributed by atoms with E-state index in [-0.39, 0.29) is 0 Å². The van der Waals surface area contributed by atoms with Crippen molar-refractivity contribution >= 4 is 0 Å². The van der Waals surface area contributed by atoms with Gasteiger partial charge in [-0.3, -0.25) is 0 Å². The first-order valence-corrected chi connectivity index (χ1v) is 7.55. The third-order valence-electron chi connectivity index (χ3n) is 4.12. The third-order valence-corrected chi connectivity index (χ3v) is 4.12. The van der Waals surface area contributed by atoms with Crippen LogP contribution < -0.4 is 5.32 Å². The van der Waals surface area contributed by atoms with Crippen molar-refractivity contribution in [2.24, 2.45) is 0 Å². The summed E-state index contributed by atoms with van der Waals surface area (Å²) in [6.45, 7) is 9.73. The summed E-state index contributed by atoms with van der Waals surface area (Å²) in [5.74, 6) is 0. The molecule has 1 aliphatic rings. The van der Waals surface area contributed by atoms with Crippen molar-refractivity contribution in [3.8, 4) is 0 Å². The van der Waals surface area contributed by atoms with Crippen LogP contribution in [0.4, 0.5) is 0 Å². The Labute approximate surface area is 117 Å². The summed E-state index contributed by atoms with van der Waals surface area (Å²) in [6, 6.07) is 7.18. The number of likely N-dealkylation sites (N-methyl/N-ethyl adjacent to an activating group) is 1. The minimum Gasteiger partial charge on any atom is -0.374 e. The fraction of sp³-hybridized carbons (Fsp3) is 0.647. The Balaban J connectivity index is 2.09. The first-order valence-electron chi connectivity index (χ1n) is 7.55. The molecule has 0 spiro atoms. The summed E-state index contributed by atoms with van der Waals surface area (Å²) in [4.78, 5) is 0. The summed E-state index contributed by atoms with van der Waals surface area (Å²) < 4.78 is 6.06. The Morgan fingerprint density at radius 1 is 1.32 bits per heavy atom. The van der Waals surface area contributed by atoms with Crippen molar-refractivity contribution < 1.29 is 4.74 Å². The van der Waals surface area contributed by atoms with Crippen molar-refractivity contribution in [1.82, 2.24) is 5.32 Å². The van der Waals surface area contributed by atoms with Gasteiger partial charge in [0.2, 0.25) is 0 Å². The second-order valence-electron chi connectivity index (χ2n) is 5.86. The van der Waals surface area contributed by atoms with E-state index >= 15 is 0 Å². The van der Waals surface area contributed by atoms with E-state index in [0.29, 0.717) is 18.2 Å². The maximum Gasteiger partial charge on any atom is 0.0735 e. The Morgan fingerprint density at radius 3 is 2.74 bits per heavy atom. The molecule has 0 amide bonds. The second kappa shape index (κ2) is 6.53. The molecule has 2 nitrogen and oxygen atoms in total. The summed E-state index contributed by atoms with van der Waals surface area (Å²) in [7, 11) is 0. The zero-order valence-electron chi connectivity index (χ0n) is 12.7. The van der Waals surface area contributed by atoms with Crippen LogP contribution in [0.1, 0.15) is 43.4 Å². The molecule has 1 heterocycles. The number of benzene rings is 1. The van der Waals surface area contributed by atoms with Gasteiger partial charge in [-0.15, -0.1) is 0 Å². The summed E-state index contributed by atoms with van der Waals surface area (Å²) in [6.07, 6.45) is 4.24. The molecule has 1 aliphatic heterocycles. The van der Waals surface area contributed by atoms with Crippen molar-refractivity contribution in [1.29, 1.82) is 0 Å². The third kappa shape index (κ3) is 3.80. The van der Waals surface area contributed by atoms with Gasteiger partial charge in [-0.2, -0.15) is 0 Å². The number of rotatable bonds is 5. The highest BCUT2D eigenvalue weighted by Crippen LogP contribution is 2.24. The van der Waals surface area contributed by atoms with Gasteiger partial charge >= 0.3 is 0 Å². The zero-order valence-corrected chi connectivity index (χ0v) is 12.7. The molecule has 0 radical (unpaired) electrons.